The minimum atomic E-state index is -4.71. The highest BCUT2D eigenvalue weighted by Crippen LogP contribution is 2.41. The van der Waals surface area contributed by atoms with E-state index >= 15 is 0 Å². The van der Waals surface area contributed by atoms with Gasteiger partial charge in [0.1, 0.15) is 5.75 Å². The summed E-state index contributed by atoms with van der Waals surface area (Å²) in [6.45, 7) is 5.95. The van der Waals surface area contributed by atoms with Gasteiger partial charge in [-0.1, -0.05) is 6.07 Å². The van der Waals surface area contributed by atoms with Crippen LogP contribution in [-0.4, -0.2) is 74.8 Å². The van der Waals surface area contributed by atoms with Gasteiger partial charge >= 0.3 is 12.1 Å². The topological polar surface area (TPSA) is 103 Å². The fourth-order valence-corrected chi connectivity index (χ4v) is 6.99. The lowest BCUT2D eigenvalue weighted by Crippen LogP contribution is -2.61. The molecule has 3 heterocycles. The van der Waals surface area contributed by atoms with E-state index in [-0.39, 0.29) is 18.7 Å². The van der Waals surface area contributed by atoms with Crippen molar-refractivity contribution in [3.8, 4) is 17.0 Å². The molecule has 1 unspecified atom stereocenters. The van der Waals surface area contributed by atoms with Gasteiger partial charge < -0.3 is 14.7 Å². The number of carboxylic acids is 1. The van der Waals surface area contributed by atoms with Crippen molar-refractivity contribution in [1.82, 2.24) is 9.88 Å². The zero-order valence-electron chi connectivity index (χ0n) is 23.1. The number of halogens is 3. The number of carboxylic acid groups (broad SMARTS) is 1. The number of sulfonamides is 1. The lowest BCUT2D eigenvalue weighted by atomic mass is 10.0. The number of carbonyl (C=O) groups is 1. The van der Waals surface area contributed by atoms with Gasteiger partial charge in [-0.3, -0.25) is 14.0 Å². The average molecular weight is 605 g/mol. The Bertz CT molecular complexity index is 1600. The normalized spacial score (nSPS) is 17.5. The lowest BCUT2D eigenvalue weighted by Gasteiger charge is -2.48. The Hall–Kier alpha value is -3.84. The first kappa shape index (κ1) is 29.6. The van der Waals surface area contributed by atoms with E-state index in [0.29, 0.717) is 56.1 Å². The number of ether oxygens (including phenoxy) is 1. The fourth-order valence-electron chi connectivity index (χ4n) is 5.44. The van der Waals surface area contributed by atoms with Crippen LogP contribution in [0, 0.1) is 6.92 Å². The number of nitrogens with zero attached hydrogens (tertiary/aromatic N) is 4. The second-order valence-corrected chi connectivity index (χ2v) is 12.2. The SMILES string of the molecule is CCOc1cc(C)cc(-c2ccc3c(n2)N2CCN(CCC(=O)O)CC2CN3S(=O)(=O)c2cccc(C(F)(F)F)c2)c1. The number of rotatable bonds is 8. The van der Waals surface area contributed by atoms with Crippen molar-refractivity contribution in [3.05, 3.63) is 65.7 Å². The number of aromatic nitrogens is 1. The molecule has 9 nitrogen and oxygen atoms in total. The molecule has 1 saturated heterocycles. The second kappa shape index (κ2) is 11.4. The number of anilines is 2. The zero-order chi connectivity index (χ0) is 30.2. The molecule has 3 aromatic rings. The van der Waals surface area contributed by atoms with Gasteiger partial charge in [0.25, 0.3) is 10.0 Å². The van der Waals surface area contributed by atoms with Gasteiger partial charge in [0.2, 0.25) is 0 Å². The van der Waals surface area contributed by atoms with E-state index < -0.39 is 38.7 Å². The van der Waals surface area contributed by atoms with Gasteiger partial charge in [0, 0.05) is 31.7 Å². The van der Waals surface area contributed by atoms with Crippen LogP contribution < -0.4 is 13.9 Å². The number of alkyl halides is 3. The summed E-state index contributed by atoms with van der Waals surface area (Å²) in [7, 11) is -4.42. The molecule has 0 saturated carbocycles. The minimum absolute atomic E-state index is 0.0326. The molecule has 2 aliphatic rings. The van der Waals surface area contributed by atoms with Crippen LogP contribution in [0.4, 0.5) is 24.7 Å². The van der Waals surface area contributed by atoms with Gasteiger partial charge in [0.05, 0.1) is 47.5 Å². The number of piperazine rings is 1. The van der Waals surface area contributed by atoms with E-state index in [0.717, 1.165) is 33.6 Å². The van der Waals surface area contributed by atoms with E-state index in [4.69, 9.17) is 14.8 Å². The third-order valence-corrected chi connectivity index (χ3v) is 9.16. The molecule has 0 bridgehead atoms. The first-order chi connectivity index (χ1) is 19.9. The van der Waals surface area contributed by atoms with Crippen molar-refractivity contribution < 1.29 is 36.2 Å². The van der Waals surface area contributed by atoms with Crippen molar-refractivity contribution in [2.45, 2.75) is 37.4 Å². The van der Waals surface area contributed by atoms with Crippen LogP contribution >= 0.6 is 0 Å². The zero-order valence-corrected chi connectivity index (χ0v) is 24.0. The van der Waals surface area contributed by atoms with Crippen LogP contribution in [0.25, 0.3) is 11.3 Å². The van der Waals surface area contributed by atoms with Crippen molar-refractivity contribution in [2.24, 2.45) is 0 Å². The Morgan fingerprint density at radius 1 is 1.10 bits per heavy atom. The quantitative estimate of drug-likeness (QED) is 0.397. The molecule has 1 N–H and O–H groups in total. The fraction of sp³-hybridized carbons (Fsp3) is 0.379. The first-order valence-corrected chi connectivity index (χ1v) is 15.0. The van der Waals surface area contributed by atoms with Crippen LogP contribution in [0.1, 0.15) is 24.5 Å². The van der Waals surface area contributed by atoms with Gasteiger partial charge in [-0.2, -0.15) is 13.2 Å². The molecule has 2 aliphatic heterocycles. The summed E-state index contributed by atoms with van der Waals surface area (Å²) in [5, 5.41) is 9.15. The maximum Gasteiger partial charge on any atom is 0.416 e. The predicted molar refractivity (Wildman–Crippen MR) is 151 cm³/mol. The van der Waals surface area contributed by atoms with Crippen molar-refractivity contribution >= 4 is 27.5 Å². The molecule has 0 spiro atoms. The van der Waals surface area contributed by atoms with Crippen molar-refractivity contribution in [1.29, 1.82) is 0 Å². The summed E-state index contributed by atoms with van der Waals surface area (Å²) >= 11 is 0. The smallest absolute Gasteiger partial charge is 0.416 e. The highest BCUT2D eigenvalue weighted by Gasteiger charge is 2.41. The Morgan fingerprint density at radius 2 is 1.88 bits per heavy atom. The second-order valence-electron chi connectivity index (χ2n) is 10.4. The molecule has 0 radical (unpaired) electrons. The minimum Gasteiger partial charge on any atom is -0.494 e. The first-order valence-electron chi connectivity index (χ1n) is 13.5. The molecule has 224 valence electrons. The van der Waals surface area contributed by atoms with Gasteiger partial charge in [-0.15, -0.1) is 0 Å². The molecule has 1 fully saturated rings. The molecular formula is C29H31F3N4O5S. The molecule has 1 atom stereocenters. The molecule has 2 aromatic carbocycles. The number of hydrogen-bond acceptors (Lipinski definition) is 7. The number of aliphatic carboxylic acids is 1. The van der Waals surface area contributed by atoms with Gasteiger partial charge in [-0.25, -0.2) is 13.4 Å². The largest absolute Gasteiger partial charge is 0.494 e. The van der Waals surface area contributed by atoms with Crippen molar-refractivity contribution in [2.75, 3.05) is 48.5 Å². The molecule has 13 heteroatoms. The van der Waals surface area contributed by atoms with Crippen molar-refractivity contribution in [3.63, 3.8) is 0 Å². The summed E-state index contributed by atoms with van der Waals surface area (Å²) < 4.78 is 75.0. The Balaban J connectivity index is 1.59. The summed E-state index contributed by atoms with van der Waals surface area (Å²) in [4.78, 5) is 19.5. The predicted octanol–water partition coefficient (Wildman–Crippen LogP) is 4.65. The molecule has 0 amide bonds. The highest BCUT2D eigenvalue weighted by atomic mass is 32.2. The van der Waals surface area contributed by atoms with Crippen LogP contribution in [0.5, 0.6) is 5.75 Å². The number of hydrogen-bond donors (Lipinski definition) is 1. The lowest BCUT2D eigenvalue weighted by molar-refractivity contribution is -0.138. The molecule has 1 aromatic heterocycles. The Morgan fingerprint density at radius 3 is 2.60 bits per heavy atom. The standard InChI is InChI=1S/C29H31F3N4O5S/c1-3-41-23-14-19(2)13-20(15-23)25-7-8-26-28(33-25)35-12-11-34(10-9-27(37)38)17-22(35)18-36(26)42(39,40)24-6-4-5-21(16-24)29(30,31)32/h4-8,13-16,22H,3,9-12,17-18H2,1-2H3,(H,37,38). The molecule has 42 heavy (non-hydrogen) atoms. The average Bonchev–Trinajstić information content (AvgIpc) is 2.94. The maximum absolute atomic E-state index is 13.9. The van der Waals surface area contributed by atoms with Crippen LogP contribution in [0.2, 0.25) is 0 Å². The number of aryl methyl sites for hydroxylation is 1. The monoisotopic (exact) mass is 604 g/mol. The van der Waals surface area contributed by atoms with E-state index in [9.17, 15) is 26.4 Å². The number of fused-ring (bicyclic) bond motifs is 3. The van der Waals surface area contributed by atoms with Gasteiger partial charge in [-0.05, 0) is 67.9 Å². The summed E-state index contributed by atoms with van der Waals surface area (Å²) in [6.07, 6.45) is -4.77. The number of pyridine rings is 1. The molecule has 5 rings (SSSR count). The van der Waals surface area contributed by atoms with E-state index in [1.807, 2.05) is 41.8 Å². The van der Waals surface area contributed by atoms with E-state index in [2.05, 4.69) is 0 Å². The third-order valence-electron chi connectivity index (χ3n) is 7.39. The molecular weight excluding hydrogens is 573 g/mol. The Kier molecular flexibility index (Phi) is 8.08. The third kappa shape index (κ3) is 6.02. The van der Waals surface area contributed by atoms with E-state index in [1.165, 1.54) is 0 Å². The summed E-state index contributed by atoms with van der Waals surface area (Å²) in [5.74, 6) is 0.137. The Labute approximate surface area is 242 Å². The summed E-state index contributed by atoms with van der Waals surface area (Å²) in [5.41, 5.74) is 1.52. The number of benzene rings is 2. The van der Waals surface area contributed by atoms with Crippen LogP contribution in [0.15, 0.2) is 59.5 Å². The maximum atomic E-state index is 13.9. The van der Waals surface area contributed by atoms with E-state index in [1.54, 1.807) is 12.1 Å². The van der Waals surface area contributed by atoms with Crippen LogP contribution in [-0.2, 0) is 21.0 Å². The summed E-state index contributed by atoms with van der Waals surface area (Å²) in [6, 6.07) is 12.3. The van der Waals surface area contributed by atoms with Gasteiger partial charge in [0.15, 0.2) is 5.82 Å². The highest BCUT2D eigenvalue weighted by molar-refractivity contribution is 7.92. The molecule has 0 aliphatic carbocycles. The van der Waals surface area contributed by atoms with Crippen LogP contribution in [0.3, 0.4) is 0 Å².